The van der Waals surface area contributed by atoms with Gasteiger partial charge in [-0.2, -0.15) is 0 Å². The lowest BCUT2D eigenvalue weighted by atomic mass is 9.82. The largest absolute Gasteiger partial charge is 0.236 e. The highest BCUT2D eigenvalue weighted by Crippen LogP contribution is 2.52. The highest BCUT2D eigenvalue weighted by molar-refractivity contribution is 7.22. The van der Waals surface area contributed by atoms with Crippen LogP contribution in [0.5, 0.6) is 0 Å². The maximum atomic E-state index is 5.23. The van der Waals surface area contributed by atoms with E-state index in [2.05, 4.69) is 172 Å². The number of thiazole rings is 2. The van der Waals surface area contributed by atoms with Crippen molar-refractivity contribution in [1.29, 1.82) is 0 Å². The molecule has 1 aliphatic carbocycles. The topological polar surface area (TPSA) is 25.8 Å². The minimum absolute atomic E-state index is 0.132. The summed E-state index contributed by atoms with van der Waals surface area (Å²) >= 11 is 3.57. The molecule has 0 aliphatic heterocycles. The van der Waals surface area contributed by atoms with Gasteiger partial charge < -0.3 is 0 Å². The minimum Gasteiger partial charge on any atom is -0.236 e. The third-order valence-electron chi connectivity index (χ3n) is 11.1. The van der Waals surface area contributed by atoms with Gasteiger partial charge in [0.1, 0.15) is 10.0 Å². The lowest BCUT2D eigenvalue weighted by molar-refractivity contribution is 0.662. The molecule has 2 nitrogen and oxygen atoms in total. The first-order valence-corrected chi connectivity index (χ1v) is 19.7. The van der Waals surface area contributed by atoms with Crippen LogP contribution in [0.1, 0.15) is 25.0 Å². The lowest BCUT2D eigenvalue weighted by Gasteiger charge is -2.21. The van der Waals surface area contributed by atoms with Gasteiger partial charge in [0.05, 0.1) is 20.4 Å². The van der Waals surface area contributed by atoms with Crippen molar-refractivity contribution in [3.63, 3.8) is 0 Å². The van der Waals surface area contributed by atoms with Crippen LogP contribution in [0, 0.1) is 0 Å². The first-order chi connectivity index (χ1) is 25.9. The van der Waals surface area contributed by atoms with Crippen LogP contribution < -0.4 is 0 Å². The van der Waals surface area contributed by atoms with Crippen LogP contribution in [-0.2, 0) is 5.41 Å². The number of fused-ring (bicyclic) bond motifs is 7. The first kappa shape index (κ1) is 30.7. The molecule has 8 aromatic carbocycles. The Kier molecular flexibility index (Phi) is 6.67. The highest BCUT2D eigenvalue weighted by atomic mass is 32.1. The van der Waals surface area contributed by atoms with Crippen LogP contribution in [0.4, 0.5) is 0 Å². The first-order valence-electron chi connectivity index (χ1n) is 18.0. The molecule has 1 aliphatic rings. The summed E-state index contributed by atoms with van der Waals surface area (Å²) in [5, 5.41) is 7.13. The minimum atomic E-state index is -0.132. The molecule has 0 saturated heterocycles. The van der Waals surface area contributed by atoms with E-state index in [9.17, 15) is 0 Å². The molecule has 250 valence electrons. The van der Waals surface area contributed by atoms with Gasteiger partial charge in [-0.05, 0) is 115 Å². The number of benzene rings is 8. The van der Waals surface area contributed by atoms with Crippen molar-refractivity contribution in [2.45, 2.75) is 19.3 Å². The van der Waals surface area contributed by atoms with Gasteiger partial charge in [0.2, 0.25) is 0 Å². The van der Waals surface area contributed by atoms with E-state index in [-0.39, 0.29) is 5.41 Å². The normalized spacial score (nSPS) is 13.2. The van der Waals surface area contributed by atoms with Crippen LogP contribution in [0.25, 0.3) is 96.5 Å². The fourth-order valence-corrected chi connectivity index (χ4v) is 10.2. The Balaban J connectivity index is 0.953. The molecule has 0 unspecified atom stereocenters. The summed E-state index contributed by atoms with van der Waals surface area (Å²) in [4.78, 5) is 10.5. The molecule has 0 saturated carbocycles. The van der Waals surface area contributed by atoms with Crippen LogP contribution in [0.3, 0.4) is 0 Å². The van der Waals surface area contributed by atoms with Crippen LogP contribution in [0.15, 0.2) is 158 Å². The Labute approximate surface area is 315 Å². The van der Waals surface area contributed by atoms with Gasteiger partial charge in [0.25, 0.3) is 0 Å². The van der Waals surface area contributed by atoms with Crippen molar-refractivity contribution in [2.75, 3.05) is 0 Å². The van der Waals surface area contributed by atoms with E-state index in [0.29, 0.717) is 0 Å². The summed E-state index contributed by atoms with van der Waals surface area (Å²) in [5.41, 5.74) is 14.4. The molecule has 2 heterocycles. The molecular formula is C49H32N2S2. The fraction of sp³-hybridized carbons (Fsp3) is 0.0612. The molecule has 2 aromatic heterocycles. The van der Waals surface area contributed by atoms with Gasteiger partial charge in [0.15, 0.2) is 0 Å². The van der Waals surface area contributed by atoms with Crippen LogP contribution in [-0.4, -0.2) is 9.97 Å². The molecule has 0 amide bonds. The zero-order chi connectivity index (χ0) is 35.3. The highest BCUT2D eigenvalue weighted by Gasteiger charge is 2.37. The van der Waals surface area contributed by atoms with Gasteiger partial charge >= 0.3 is 0 Å². The molecule has 53 heavy (non-hydrogen) atoms. The molecular weight excluding hydrogens is 681 g/mol. The Morgan fingerprint density at radius 1 is 0.377 bits per heavy atom. The Morgan fingerprint density at radius 2 is 0.792 bits per heavy atom. The quantitative estimate of drug-likeness (QED) is 0.182. The molecule has 0 radical (unpaired) electrons. The standard InChI is InChI=1S/C49H32N2S2/c1-49(2)41-27-45-43(50-47(52-45)37-15-7-13-33(23-37)35-19-17-29-9-3-5-11-31(29)21-35)25-39(41)40-26-44-46(28-42(40)49)53-48(51-44)38-16-8-14-34(24-38)36-20-18-30-10-4-6-12-32(30)22-36/h3-28H,1-2H3. The summed E-state index contributed by atoms with van der Waals surface area (Å²) in [6.07, 6.45) is 0. The third-order valence-corrected chi connectivity index (χ3v) is 13.2. The third kappa shape index (κ3) is 4.98. The van der Waals surface area contributed by atoms with Gasteiger partial charge in [0, 0.05) is 16.5 Å². The lowest BCUT2D eigenvalue weighted by Crippen LogP contribution is -2.14. The average molecular weight is 713 g/mol. The van der Waals surface area contributed by atoms with Crippen molar-refractivity contribution >= 4 is 64.7 Å². The van der Waals surface area contributed by atoms with E-state index >= 15 is 0 Å². The Bertz CT molecular complexity index is 2900. The number of rotatable bonds is 4. The van der Waals surface area contributed by atoms with Crippen molar-refractivity contribution in [3.05, 3.63) is 169 Å². The summed E-state index contributed by atoms with van der Waals surface area (Å²) in [6, 6.07) is 57.5. The second-order valence-electron chi connectivity index (χ2n) is 14.7. The maximum absolute atomic E-state index is 5.23. The van der Waals surface area contributed by atoms with Crippen molar-refractivity contribution in [1.82, 2.24) is 9.97 Å². The molecule has 0 N–H and O–H groups in total. The predicted octanol–water partition coefficient (Wildman–Crippen LogP) is 14.2. The van der Waals surface area contributed by atoms with E-state index in [1.165, 1.54) is 75.5 Å². The smallest absolute Gasteiger partial charge is 0.124 e. The van der Waals surface area contributed by atoms with E-state index in [4.69, 9.17) is 9.97 Å². The zero-order valence-corrected chi connectivity index (χ0v) is 30.9. The molecule has 0 atom stereocenters. The van der Waals surface area contributed by atoms with E-state index in [1.807, 2.05) is 0 Å². The van der Waals surface area contributed by atoms with Crippen molar-refractivity contribution in [2.24, 2.45) is 0 Å². The second-order valence-corrected chi connectivity index (χ2v) is 16.7. The maximum Gasteiger partial charge on any atom is 0.124 e. The van der Waals surface area contributed by atoms with E-state index < -0.39 is 0 Å². The van der Waals surface area contributed by atoms with Gasteiger partial charge in [-0.3, -0.25) is 0 Å². The monoisotopic (exact) mass is 712 g/mol. The number of hydrogen-bond donors (Lipinski definition) is 0. The molecule has 11 rings (SSSR count). The average Bonchev–Trinajstić information content (AvgIpc) is 3.88. The fourth-order valence-electron chi connectivity index (χ4n) is 8.22. The van der Waals surface area contributed by atoms with Crippen LogP contribution >= 0.6 is 22.7 Å². The predicted molar refractivity (Wildman–Crippen MR) is 227 cm³/mol. The number of nitrogens with zero attached hydrogens (tertiary/aromatic N) is 2. The molecule has 0 bridgehead atoms. The summed E-state index contributed by atoms with van der Waals surface area (Å²) in [6.45, 7) is 4.72. The Morgan fingerprint density at radius 3 is 1.26 bits per heavy atom. The summed E-state index contributed by atoms with van der Waals surface area (Å²) in [5.74, 6) is 0. The summed E-state index contributed by atoms with van der Waals surface area (Å²) < 4.78 is 2.45. The second kappa shape index (κ2) is 11.5. The van der Waals surface area contributed by atoms with E-state index in [0.717, 1.165) is 32.2 Å². The van der Waals surface area contributed by atoms with Gasteiger partial charge in [-0.1, -0.05) is 123 Å². The molecule has 10 aromatic rings. The van der Waals surface area contributed by atoms with Crippen molar-refractivity contribution < 1.29 is 0 Å². The van der Waals surface area contributed by atoms with E-state index in [1.54, 1.807) is 22.7 Å². The van der Waals surface area contributed by atoms with Gasteiger partial charge in [-0.15, -0.1) is 22.7 Å². The Hall–Kier alpha value is -5.94. The molecule has 0 fully saturated rings. The summed E-state index contributed by atoms with van der Waals surface area (Å²) in [7, 11) is 0. The zero-order valence-electron chi connectivity index (χ0n) is 29.2. The number of aromatic nitrogens is 2. The van der Waals surface area contributed by atoms with Crippen molar-refractivity contribution in [3.8, 4) is 54.5 Å². The van der Waals surface area contributed by atoms with Crippen LogP contribution in [0.2, 0.25) is 0 Å². The van der Waals surface area contributed by atoms with Gasteiger partial charge in [-0.25, -0.2) is 9.97 Å². The molecule has 0 spiro atoms. The SMILES string of the molecule is CC1(C)c2cc3sc(-c4cccc(-c5ccc6ccccc6c5)c4)nc3cc2-c2cc3nc(-c4cccc(-c5ccc6ccccc6c5)c4)sc3cc21. The number of hydrogen-bond acceptors (Lipinski definition) is 4. The molecule has 4 heteroatoms.